The SMILES string of the molecule is Cc1ccc(C(=O)NNC(=O)CN2CCN(c3ncccn3)CC2)cc1. The van der Waals surface area contributed by atoms with Crippen LogP contribution in [-0.4, -0.2) is 59.4 Å². The first kappa shape index (κ1) is 17.8. The number of carbonyl (C=O) groups excluding carboxylic acids is 2. The third-order valence-electron chi connectivity index (χ3n) is 4.20. The molecule has 2 aromatic rings. The van der Waals surface area contributed by atoms with E-state index >= 15 is 0 Å². The molecule has 1 aromatic carbocycles. The van der Waals surface area contributed by atoms with Gasteiger partial charge in [-0.3, -0.25) is 25.3 Å². The molecule has 136 valence electrons. The Kier molecular flexibility index (Phi) is 5.75. The Morgan fingerprint density at radius 2 is 1.65 bits per heavy atom. The Hall–Kier alpha value is -3.00. The lowest BCUT2D eigenvalue weighted by molar-refractivity contribution is -0.123. The van der Waals surface area contributed by atoms with Crippen LogP contribution in [0.1, 0.15) is 15.9 Å². The van der Waals surface area contributed by atoms with Crippen LogP contribution in [0.25, 0.3) is 0 Å². The number of anilines is 1. The van der Waals surface area contributed by atoms with E-state index in [0.29, 0.717) is 11.5 Å². The smallest absolute Gasteiger partial charge is 0.269 e. The third-order valence-corrected chi connectivity index (χ3v) is 4.20. The molecule has 0 radical (unpaired) electrons. The van der Waals surface area contributed by atoms with Gasteiger partial charge in [0, 0.05) is 44.1 Å². The summed E-state index contributed by atoms with van der Waals surface area (Å²) in [4.78, 5) is 36.6. The molecule has 1 aliphatic heterocycles. The van der Waals surface area contributed by atoms with Crippen molar-refractivity contribution in [1.29, 1.82) is 0 Å². The summed E-state index contributed by atoms with van der Waals surface area (Å²) in [5.74, 6) is 0.140. The fourth-order valence-corrected chi connectivity index (χ4v) is 2.71. The molecule has 1 saturated heterocycles. The number of carbonyl (C=O) groups is 2. The van der Waals surface area contributed by atoms with Crippen molar-refractivity contribution in [2.24, 2.45) is 0 Å². The summed E-state index contributed by atoms with van der Waals surface area (Å²) in [5, 5.41) is 0. The van der Waals surface area contributed by atoms with Gasteiger partial charge in [0.15, 0.2) is 0 Å². The number of hydrogen-bond donors (Lipinski definition) is 2. The monoisotopic (exact) mass is 354 g/mol. The number of nitrogens with zero attached hydrogens (tertiary/aromatic N) is 4. The van der Waals surface area contributed by atoms with E-state index in [1.165, 1.54) is 0 Å². The molecule has 0 unspecified atom stereocenters. The highest BCUT2D eigenvalue weighted by atomic mass is 16.2. The lowest BCUT2D eigenvalue weighted by Crippen LogP contribution is -2.52. The predicted octanol–water partition coefficient (Wildman–Crippen LogP) is 0.368. The predicted molar refractivity (Wildman–Crippen MR) is 97.5 cm³/mol. The van der Waals surface area contributed by atoms with Gasteiger partial charge in [0.1, 0.15) is 0 Å². The Bertz CT molecular complexity index is 742. The number of benzene rings is 1. The number of nitrogens with one attached hydrogen (secondary N) is 2. The zero-order chi connectivity index (χ0) is 18.4. The van der Waals surface area contributed by atoms with E-state index in [1.807, 2.05) is 24.0 Å². The van der Waals surface area contributed by atoms with Crippen molar-refractivity contribution in [2.75, 3.05) is 37.6 Å². The molecule has 1 aliphatic rings. The van der Waals surface area contributed by atoms with Crippen molar-refractivity contribution in [3.63, 3.8) is 0 Å². The molecule has 8 heteroatoms. The molecule has 0 aliphatic carbocycles. The molecule has 3 rings (SSSR count). The van der Waals surface area contributed by atoms with Crippen molar-refractivity contribution in [2.45, 2.75) is 6.92 Å². The van der Waals surface area contributed by atoms with E-state index in [1.54, 1.807) is 30.6 Å². The first-order valence-corrected chi connectivity index (χ1v) is 8.52. The van der Waals surface area contributed by atoms with Crippen molar-refractivity contribution >= 4 is 17.8 Å². The summed E-state index contributed by atoms with van der Waals surface area (Å²) in [7, 11) is 0. The summed E-state index contributed by atoms with van der Waals surface area (Å²) >= 11 is 0. The van der Waals surface area contributed by atoms with Crippen molar-refractivity contribution in [1.82, 2.24) is 25.7 Å². The molecule has 26 heavy (non-hydrogen) atoms. The molecule has 0 bridgehead atoms. The maximum absolute atomic E-state index is 12.0. The quantitative estimate of drug-likeness (QED) is 0.771. The zero-order valence-electron chi connectivity index (χ0n) is 14.7. The van der Waals surface area contributed by atoms with E-state index in [9.17, 15) is 9.59 Å². The van der Waals surface area contributed by atoms with Crippen LogP contribution in [0.3, 0.4) is 0 Å². The normalized spacial score (nSPS) is 14.7. The van der Waals surface area contributed by atoms with E-state index in [4.69, 9.17) is 0 Å². The standard InChI is InChI=1S/C18H22N6O2/c1-14-3-5-15(6-4-14)17(26)22-21-16(25)13-23-9-11-24(12-10-23)18-19-7-2-8-20-18/h2-8H,9-13H2,1H3,(H,21,25)(H,22,26). The van der Waals surface area contributed by atoms with Crippen LogP contribution in [0.4, 0.5) is 5.95 Å². The van der Waals surface area contributed by atoms with Gasteiger partial charge < -0.3 is 4.90 Å². The van der Waals surface area contributed by atoms with Gasteiger partial charge >= 0.3 is 0 Å². The first-order valence-electron chi connectivity index (χ1n) is 8.52. The first-order chi connectivity index (χ1) is 12.6. The molecule has 2 heterocycles. The van der Waals surface area contributed by atoms with Crippen LogP contribution >= 0.6 is 0 Å². The fraction of sp³-hybridized carbons (Fsp3) is 0.333. The number of amides is 2. The van der Waals surface area contributed by atoms with Gasteiger partial charge in [-0.1, -0.05) is 17.7 Å². The summed E-state index contributed by atoms with van der Waals surface area (Å²) in [5.41, 5.74) is 6.50. The molecule has 2 amide bonds. The second-order valence-electron chi connectivity index (χ2n) is 6.18. The van der Waals surface area contributed by atoms with Crippen LogP contribution in [0.5, 0.6) is 0 Å². The Morgan fingerprint density at radius 3 is 2.31 bits per heavy atom. The Labute approximate surface area is 152 Å². The summed E-state index contributed by atoms with van der Waals surface area (Å²) in [6.07, 6.45) is 3.44. The number of rotatable bonds is 4. The highest BCUT2D eigenvalue weighted by Gasteiger charge is 2.20. The minimum Gasteiger partial charge on any atom is -0.338 e. The van der Waals surface area contributed by atoms with Crippen molar-refractivity contribution in [3.8, 4) is 0 Å². The number of piperazine rings is 1. The van der Waals surface area contributed by atoms with E-state index in [-0.39, 0.29) is 18.4 Å². The lowest BCUT2D eigenvalue weighted by Gasteiger charge is -2.34. The average molecular weight is 354 g/mol. The van der Waals surface area contributed by atoms with E-state index in [2.05, 4.69) is 25.7 Å². The zero-order valence-corrected chi connectivity index (χ0v) is 14.7. The van der Waals surface area contributed by atoms with Crippen LogP contribution < -0.4 is 15.8 Å². The minimum absolute atomic E-state index is 0.234. The van der Waals surface area contributed by atoms with Crippen molar-refractivity contribution in [3.05, 3.63) is 53.9 Å². The van der Waals surface area contributed by atoms with Gasteiger partial charge in [0.05, 0.1) is 6.54 Å². The summed E-state index contributed by atoms with van der Waals surface area (Å²) in [6, 6.07) is 8.94. The molecule has 8 nitrogen and oxygen atoms in total. The van der Waals surface area contributed by atoms with Gasteiger partial charge in [0.2, 0.25) is 5.95 Å². The molecule has 1 fully saturated rings. The largest absolute Gasteiger partial charge is 0.338 e. The second-order valence-corrected chi connectivity index (χ2v) is 6.18. The molecular formula is C18H22N6O2. The topological polar surface area (TPSA) is 90.5 Å². The average Bonchev–Trinajstić information content (AvgIpc) is 2.68. The Morgan fingerprint density at radius 1 is 1.00 bits per heavy atom. The maximum atomic E-state index is 12.0. The fourth-order valence-electron chi connectivity index (χ4n) is 2.71. The van der Waals surface area contributed by atoms with Crippen LogP contribution in [0, 0.1) is 6.92 Å². The van der Waals surface area contributed by atoms with Crippen LogP contribution in [0.15, 0.2) is 42.7 Å². The van der Waals surface area contributed by atoms with Gasteiger partial charge in [-0.25, -0.2) is 9.97 Å². The number of hydrogen-bond acceptors (Lipinski definition) is 6. The number of aromatic nitrogens is 2. The van der Waals surface area contributed by atoms with Gasteiger partial charge in [0.25, 0.3) is 11.8 Å². The van der Waals surface area contributed by atoms with Gasteiger partial charge in [-0.2, -0.15) is 0 Å². The highest BCUT2D eigenvalue weighted by molar-refractivity contribution is 5.95. The lowest BCUT2D eigenvalue weighted by atomic mass is 10.1. The molecule has 0 atom stereocenters. The maximum Gasteiger partial charge on any atom is 0.269 e. The van der Waals surface area contributed by atoms with Crippen LogP contribution in [0.2, 0.25) is 0 Å². The summed E-state index contributed by atoms with van der Waals surface area (Å²) < 4.78 is 0. The van der Waals surface area contributed by atoms with Crippen LogP contribution in [-0.2, 0) is 4.79 Å². The van der Waals surface area contributed by atoms with Gasteiger partial charge in [-0.15, -0.1) is 0 Å². The van der Waals surface area contributed by atoms with Crippen molar-refractivity contribution < 1.29 is 9.59 Å². The van der Waals surface area contributed by atoms with E-state index in [0.717, 1.165) is 31.7 Å². The second kappa shape index (κ2) is 8.39. The highest BCUT2D eigenvalue weighted by Crippen LogP contribution is 2.09. The molecule has 1 aromatic heterocycles. The third kappa shape index (κ3) is 4.76. The minimum atomic E-state index is -0.329. The molecular weight excluding hydrogens is 332 g/mol. The molecule has 0 saturated carbocycles. The summed E-state index contributed by atoms with van der Waals surface area (Å²) in [6.45, 7) is 5.17. The number of hydrazine groups is 1. The van der Waals surface area contributed by atoms with E-state index < -0.39 is 0 Å². The van der Waals surface area contributed by atoms with Gasteiger partial charge in [-0.05, 0) is 25.1 Å². The molecule has 0 spiro atoms. The molecule has 2 N–H and O–H groups in total. The number of aryl methyl sites for hydroxylation is 1. The Balaban J connectivity index is 1.40.